The highest BCUT2D eigenvalue weighted by Gasteiger charge is 2.34. The zero-order valence-corrected chi connectivity index (χ0v) is 13.0. The van der Waals surface area contributed by atoms with Crippen molar-refractivity contribution in [3.63, 3.8) is 0 Å². The highest BCUT2D eigenvalue weighted by molar-refractivity contribution is 7.09. The summed E-state index contributed by atoms with van der Waals surface area (Å²) >= 11 is 1.52. The topological polar surface area (TPSA) is 68.3 Å². The van der Waals surface area contributed by atoms with E-state index in [1.165, 1.54) is 24.5 Å². The predicted octanol–water partition coefficient (Wildman–Crippen LogP) is 2.31. The van der Waals surface area contributed by atoms with Crippen LogP contribution in [0.1, 0.15) is 37.4 Å². The molecule has 1 atom stereocenters. The fourth-order valence-electron chi connectivity index (χ4n) is 1.87. The summed E-state index contributed by atoms with van der Waals surface area (Å²) < 4.78 is 4.75. The van der Waals surface area contributed by atoms with Crippen LogP contribution in [0.5, 0.6) is 0 Å². The molecule has 110 valence electrons. The molecule has 0 aliphatic carbocycles. The quantitative estimate of drug-likeness (QED) is 0.646. The molecule has 0 fully saturated rings. The minimum absolute atomic E-state index is 0.336. The Bertz CT molecular complexity index is 510. The van der Waals surface area contributed by atoms with Gasteiger partial charge in [-0.15, -0.1) is 11.3 Å². The second kappa shape index (κ2) is 7.19. The van der Waals surface area contributed by atoms with E-state index in [-0.39, 0.29) is 5.91 Å². The third-order valence-corrected chi connectivity index (χ3v) is 3.62. The molecule has 0 aliphatic heterocycles. The first-order valence-electron chi connectivity index (χ1n) is 6.42. The van der Waals surface area contributed by atoms with Crippen LogP contribution in [0.25, 0.3) is 6.08 Å². The average Bonchev–Trinajstić information content (AvgIpc) is 2.81. The summed E-state index contributed by atoms with van der Waals surface area (Å²) in [6, 6.07) is 0. The number of carbonyl (C=O) groups is 2. The number of thiazole rings is 1. The number of nitrogens with zero attached hydrogens (tertiary/aromatic N) is 1. The molecule has 1 unspecified atom stereocenters. The molecule has 0 radical (unpaired) electrons. The van der Waals surface area contributed by atoms with Gasteiger partial charge in [-0.3, -0.25) is 4.79 Å². The van der Waals surface area contributed by atoms with E-state index in [1.807, 2.05) is 19.2 Å². The van der Waals surface area contributed by atoms with E-state index in [0.29, 0.717) is 6.42 Å². The van der Waals surface area contributed by atoms with Gasteiger partial charge in [0.1, 0.15) is 5.54 Å². The SMILES string of the molecule is CCCC(C)(NC(=O)/C=C/c1csc(C)n1)C(=O)OC. The lowest BCUT2D eigenvalue weighted by molar-refractivity contribution is -0.150. The number of hydrogen-bond acceptors (Lipinski definition) is 5. The maximum atomic E-state index is 11.9. The molecule has 0 aliphatic rings. The van der Waals surface area contributed by atoms with Crippen molar-refractivity contribution < 1.29 is 14.3 Å². The number of aromatic nitrogens is 1. The normalized spacial score (nSPS) is 14.0. The minimum atomic E-state index is -0.997. The molecule has 1 heterocycles. The number of carbonyl (C=O) groups excluding carboxylic acids is 2. The molecule has 6 heteroatoms. The first kappa shape index (κ1) is 16.4. The molecule has 1 aromatic rings. The number of aryl methyl sites for hydroxylation is 1. The summed E-state index contributed by atoms with van der Waals surface area (Å²) in [6.07, 6.45) is 4.30. The fraction of sp³-hybridized carbons (Fsp3) is 0.500. The molecule has 0 spiro atoms. The van der Waals surface area contributed by atoms with Crippen LogP contribution in [-0.4, -0.2) is 29.5 Å². The van der Waals surface area contributed by atoms with E-state index in [1.54, 1.807) is 13.0 Å². The summed E-state index contributed by atoms with van der Waals surface area (Å²) in [5.41, 5.74) is -0.263. The Hall–Kier alpha value is -1.69. The van der Waals surface area contributed by atoms with Gasteiger partial charge in [0.25, 0.3) is 0 Å². The van der Waals surface area contributed by atoms with E-state index in [0.717, 1.165) is 17.1 Å². The first-order chi connectivity index (χ1) is 9.41. The maximum absolute atomic E-state index is 11.9. The lowest BCUT2D eigenvalue weighted by Gasteiger charge is -2.26. The Morgan fingerprint density at radius 3 is 2.75 bits per heavy atom. The van der Waals surface area contributed by atoms with E-state index >= 15 is 0 Å². The lowest BCUT2D eigenvalue weighted by atomic mass is 9.96. The number of rotatable bonds is 6. The van der Waals surface area contributed by atoms with Crippen molar-refractivity contribution in [2.24, 2.45) is 0 Å². The van der Waals surface area contributed by atoms with Crippen molar-refractivity contribution >= 4 is 29.3 Å². The number of esters is 1. The van der Waals surface area contributed by atoms with Crippen LogP contribution in [0.2, 0.25) is 0 Å². The second-order valence-electron chi connectivity index (χ2n) is 4.69. The van der Waals surface area contributed by atoms with E-state index < -0.39 is 11.5 Å². The summed E-state index contributed by atoms with van der Waals surface area (Å²) in [6.45, 7) is 5.51. The zero-order valence-electron chi connectivity index (χ0n) is 12.2. The second-order valence-corrected chi connectivity index (χ2v) is 5.75. The smallest absolute Gasteiger partial charge is 0.331 e. The zero-order chi connectivity index (χ0) is 15.2. The summed E-state index contributed by atoms with van der Waals surface area (Å²) in [5, 5.41) is 5.50. The Labute approximate surface area is 123 Å². The molecule has 0 bridgehead atoms. The van der Waals surface area contributed by atoms with Gasteiger partial charge < -0.3 is 10.1 Å². The molecule has 20 heavy (non-hydrogen) atoms. The van der Waals surface area contributed by atoms with Gasteiger partial charge in [0, 0.05) is 11.5 Å². The maximum Gasteiger partial charge on any atom is 0.331 e. The first-order valence-corrected chi connectivity index (χ1v) is 7.30. The summed E-state index contributed by atoms with van der Waals surface area (Å²) in [5.74, 6) is -0.775. The largest absolute Gasteiger partial charge is 0.467 e. The average molecular weight is 296 g/mol. The van der Waals surface area contributed by atoms with Crippen LogP contribution >= 0.6 is 11.3 Å². The molecular formula is C14H20N2O3S. The van der Waals surface area contributed by atoms with Crippen molar-refractivity contribution in [1.29, 1.82) is 0 Å². The van der Waals surface area contributed by atoms with Crippen LogP contribution in [0.4, 0.5) is 0 Å². The van der Waals surface area contributed by atoms with Crippen LogP contribution in [0.3, 0.4) is 0 Å². The van der Waals surface area contributed by atoms with E-state index in [9.17, 15) is 9.59 Å². The third-order valence-electron chi connectivity index (χ3n) is 2.83. The molecule has 5 nitrogen and oxygen atoms in total. The van der Waals surface area contributed by atoms with Crippen molar-refractivity contribution in [2.75, 3.05) is 7.11 Å². The molecule has 1 amide bonds. The van der Waals surface area contributed by atoms with Gasteiger partial charge in [-0.25, -0.2) is 9.78 Å². The van der Waals surface area contributed by atoms with Gasteiger partial charge in [-0.2, -0.15) is 0 Å². The Kier molecular flexibility index (Phi) is 5.88. The number of ether oxygens (including phenoxy) is 1. The van der Waals surface area contributed by atoms with E-state index in [2.05, 4.69) is 10.3 Å². The molecule has 1 aromatic heterocycles. The standard InChI is InChI=1S/C14H20N2O3S/c1-5-8-14(3,13(18)19-4)16-12(17)7-6-11-9-20-10(2)15-11/h6-7,9H,5,8H2,1-4H3,(H,16,17)/b7-6+. The summed E-state index contributed by atoms with van der Waals surface area (Å²) in [7, 11) is 1.32. The van der Waals surface area contributed by atoms with Gasteiger partial charge in [-0.05, 0) is 26.3 Å². The van der Waals surface area contributed by atoms with Crippen LogP contribution in [-0.2, 0) is 14.3 Å². The van der Waals surface area contributed by atoms with Gasteiger partial charge in [0.15, 0.2) is 0 Å². The Morgan fingerprint density at radius 1 is 1.55 bits per heavy atom. The number of nitrogens with one attached hydrogen (secondary N) is 1. The van der Waals surface area contributed by atoms with Gasteiger partial charge >= 0.3 is 5.97 Å². The summed E-state index contributed by atoms with van der Waals surface area (Å²) in [4.78, 5) is 27.9. The van der Waals surface area contributed by atoms with Crippen LogP contribution in [0.15, 0.2) is 11.5 Å². The van der Waals surface area contributed by atoms with Crippen LogP contribution in [0, 0.1) is 6.92 Å². The van der Waals surface area contributed by atoms with E-state index in [4.69, 9.17) is 4.74 Å². The number of amides is 1. The fourth-order valence-corrected chi connectivity index (χ4v) is 2.45. The van der Waals surface area contributed by atoms with Gasteiger partial charge in [0.2, 0.25) is 5.91 Å². The van der Waals surface area contributed by atoms with Gasteiger partial charge in [-0.1, -0.05) is 13.3 Å². The van der Waals surface area contributed by atoms with Gasteiger partial charge in [0.05, 0.1) is 17.8 Å². The van der Waals surface area contributed by atoms with Crippen molar-refractivity contribution in [3.8, 4) is 0 Å². The number of hydrogen-bond donors (Lipinski definition) is 1. The highest BCUT2D eigenvalue weighted by atomic mass is 32.1. The molecular weight excluding hydrogens is 276 g/mol. The van der Waals surface area contributed by atoms with Crippen LogP contribution < -0.4 is 5.32 Å². The van der Waals surface area contributed by atoms with Crippen molar-refractivity contribution in [3.05, 3.63) is 22.2 Å². The Morgan fingerprint density at radius 2 is 2.25 bits per heavy atom. The molecule has 1 rings (SSSR count). The lowest BCUT2D eigenvalue weighted by Crippen LogP contribution is -2.52. The minimum Gasteiger partial charge on any atom is -0.467 e. The molecule has 1 N–H and O–H groups in total. The van der Waals surface area contributed by atoms with Crippen molar-refractivity contribution in [2.45, 2.75) is 39.2 Å². The molecule has 0 saturated carbocycles. The molecule has 0 aromatic carbocycles. The highest BCUT2D eigenvalue weighted by Crippen LogP contribution is 2.15. The third kappa shape index (κ3) is 4.45. The van der Waals surface area contributed by atoms with Crippen molar-refractivity contribution in [1.82, 2.24) is 10.3 Å². The Balaban J connectivity index is 2.71. The molecule has 0 saturated heterocycles. The monoisotopic (exact) mass is 296 g/mol. The predicted molar refractivity (Wildman–Crippen MR) is 79.4 cm³/mol. The number of methoxy groups -OCH3 is 1.